The van der Waals surface area contributed by atoms with Gasteiger partial charge in [-0.15, -0.1) is 0 Å². The molecule has 0 atom stereocenters. The van der Waals surface area contributed by atoms with Crippen LogP contribution in [0.2, 0.25) is 5.02 Å². The summed E-state index contributed by atoms with van der Waals surface area (Å²) in [6.07, 6.45) is 0. The van der Waals surface area contributed by atoms with Gasteiger partial charge in [0.1, 0.15) is 5.82 Å². The normalized spacial score (nSPS) is 10.8. The summed E-state index contributed by atoms with van der Waals surface area (Å²) in [6.45, 7) is 1.45. The molecule has 0 saturated carbocycles. The quantitative estimate of drug-likeness (QED) is 0.761. The van der Waals surface area contributed by atoms with Gasteiger partial charge in [-0.25, -0.2) is 4.39 Å². The third-order valence-electron chi connectivity index (χ3n) is 2.60. The van der Waals surface area contributed by atoms with Crippen LogP contribution in [0.3, 0.4) is 0 Å². The van der Waals surface area contributed by atoms with Gasteiger partial charge in [-0.2, -0.15) is 0 Å². The van der Waals surface area contributed by atoms with Gasteiger partial charge in [0.25, 0.3) is 0 Å². The molecular formula is C13H18ClFN2O3. The van der Waals surface area contributed by atoms with Crippen LogP contribution in [0.4, 0.5) is 10.1 Å². The number of nitrogens with zero attached hydrogens (tertiary/aromatic N) is 1. The first kappa shape index (κ1) is 16.8. The minimum absolute atomic E-state index is 0.0423. The molecule has 0 heterocycles. The van der Waals surface area contributed by atoms with E-state index in [0.29, 0.717) is 25.4 Å². The van der Waals surface area contributed by atoms with Crippen molar-refractivity contribution in [1.29, 1.82) is 0 Å². The summed E-state index contributed by atoms with van der Waals surface area (Å²) in [7, 11) is 1.57. The molecule has 0 aliphatic rings. The molecule has 0 radical (unpaired) electrons. The predicted molar refractivity (Wildman–Crippen MR) is 75.4 cm³/mol. The number of aliphatic hydroxyl groups excluding tert-OH is 1. The molecule has 0 aliphatic heterocycles. The summed E-state index contributed by atoms with van der Waals surface area (Å²) < 4.78 is 17.9. The fraction of sp³-hybridized carbons (Fsp3) is 0.462. The number of nitrogens with one attached hydrogen (secondary N) is 1. The lowest BCUT2D eigenvalue weighted by atomic mass is 10.3. The average molecular weight is 305 g/mol. The van der Waals surface area contributed by atoms with E-state index in [4.69, 9.17) is 21.4 Å². The molecule has 0 spiro atoms. The van der Waals surface area contributed by atoms with Crippen LogP contribution in [0, 0.1) is 5.82 Å². The molecule has 0 unspecified atom stereocenters. The number of aliphatic hydroxyl groups is 1. The molecule has 1 rings (SSSR count). The Morgan fingerprint density at radius 3 is 2.85 bits per heavy atom. The second kappa shape index (κ2) is 8.86. The molecule has 7 heteroatoms. The Bertz CT molecular complexity index is 446. The van der Waals surface area contributed by atoms with Crippen LogP contribution in [-0.2, 0) is 9.53 Å². The molecule has 1 amide bonds. The zero-order valence-electron chi connectivity index (χ0n) is 11.2. The monoisotopic (exact) mass is 304 g/mol. The van der Waals surface area contributed by atoms with Crippen molar-refractivity contribution in [1.82, 2.24) is 4.90 Å². The summed E-state index contributed by atoms with van der Waals surface area (Å²) in [5.41, 5.74) is 0.428. The Morgan fingerprint density at radius 1 is 1.50 bits per heavy atom. The van der Waals surface area contributed by atoms with Gasteiger partial charge in [0.2, 0.25) is 5.91 Å². The number of halogens is 2. The van der Waals surface area contributed by atoms with Crippen LogP contribution in [0.25, 0.3) is 0 Å². The van der Waals surface area contributed by atoms with Crippen LogP contribution in [0.5, 0.6) is 0 Å². The van der Waals surface area contributed by atoms with Gasteiger partial charge in [0.15, 0.2) is 0 Å². The van der Waals surface area contributed by atoms with E-state index in [1.807, 2.05) is 0 Å². The molecular weight excluding hydrogens is 287 g/mol. The van der Waals surface area contributed by atoms with E-state index >= 15 is 0 Å². The standard InChI is InChI=1S/C13H18ClFN2O3/c1-20-7-5-17(4-6-18)9-13(19)16-10-2-3-12(15)11(14)8-10/h2-3,8,18H,4-7,9H2,1H3,(H,16,19). The highest BCUT2D eigenvalue weighted by Gasteiger charge is 2.11. The number of benzene rings is 1. The molecule has 1 aromatic carbocycles. The third-order valence-corrected chi connectivity index (χ3v) is 2.89. The minimum atomic E-state index is -0.535. The number of carbonyl (C=O) groups is 1. The Kier molecular flexibility index (Phi) is 7.46. The van der Waals surface area contributed by atoms with Crippen molar-refractivity contribution >= 4 is 23.2 Å². The van der Waals surface area contributed by atoms with Crippen LogP contribution in [0.15, 0.2) is 18.2 Å². The topological polar surface area (TPSA) is 61.8 Å². The van der Waals surface area contributed by atoms with Crippen molar-refractivity contribution in [3.05, 3.63) is 29.0 Å². The van der Waals surface area contributed by atoms with E-state index in [1.54, 1.807) is 12.0 Å². The summed E-state index contributed by atoms with van der Waals surface area (Å²) in [5, 5.41) is 11.5. The molecule has 1 aromatic rings. The van der Waals surface area contributed by atoms with Crippen LogP contribution in [0.1, 0.15) is 0 Å². The maximum atomic E-state index is 13.0. The highest BCUT2D eigenvalue weighted by Crippen LogP contribution is 2.19. The van der Waals surface area contributed by atoms with E-state index in [1.165, 1.54) is 18.2 Å². The van der Waals surface area contributed by atoms with Crippen molar-refractivity contribution in [2.75, 3.05) is 45.3 Å². The number of hydrogen-bond donors (Lipinski definition) is 2. The van der Waals surface area contributed by atoms with Gasteiger partial charge < -0.3 is 15.2 Å². The molecule has 112 valence electrons. The number of methoxy groups -OCH3 is 1. The number of carbonyl (C=O) groups excluding carboxylic acids is 1. The van der Waals surface area contributed by atoms with Gasteiger partial charge >= 0.3 is 0 Å². The second-order valence-electron chi connectivity index (χ2n) is 4.17. The number of amides is 1. The molecule has 0 aromatic heterocycles. The minimum Gasteiger partial charge on any atom is -0.395 e. The molecule has 0 saturated heterocycles. The zero-order valence-corrected chi connectivity index (χ0v) is 12.0. The Morgan fingerprint density at radius 2 is 2.25 bits per heavy atom. The molecule has 0 aliphatic carbocycles. The van der Waals surface area contributed by atoms with Gasteiger partial charge in [0.05, 0.1) is 24.8 Å². The first-order chi connectivity index (χ1) is 9.56. The van der Waals surface area contributed by atoms with Gasteiger partial charge in [0, 0.05) is 25.9 Å². The average Bonchev–Trinajstić information content (AvgIpc) is 2.40. The van der Waals surface area contributed by atoms with Crippen LogP contribution < -0.4 is 5.32 Å². The van der Waals surface area contributed by atoms with Gasteiger partial charge in [-0.1, -0.05) is 11.6 Å². The molecule has 0 bridgehead atoms. The fourth-order valence-electron chi connectivity index (χ4n) is 1.61. The van der Waals surface area contributed by atoms with Crippen LogP contribution >= 0.6 is 11.6 Å². The third kappa shape index (κ3) is 5.83. The number of rotatable bonds is 8. The van der Waals surface area contributed by atoms with Crippen molar-refractivity contribution in [2.45, 2.75) is 0 Å². The summed E-state index contributed by atoms with van der Waals surface area (Å²) in [5.74, 6) is -0.802. The molecule has 5 nitrogen and oxygen atoms in total. The second-order valence-corrected chi connectivity index (χ2v) is 4.58. The zero-order chi connectivity index (χ0) is 15.0. The smallest absolute Gasteiger partial charge is 0.238 e. The molecule has 0 fully saturated rings. The van der Waals surface area contributed by atoms with Crippen molar-refractivity contribution in [2.24, 2.45) is 0 Å². The Labute approximate surface area is 122 Å². The lowest BCUT2D eigenvalue weighted by Gasteiger charge is -2.20. The fourth-order valence-corrected chi connectivity index (χ4v) is 1.79. The number of hydrogen-bond acceptors (Lipinski definition) is 4. The van der Waals surface area contributed by atoms with Gasteiger partial charge in [-0.05, 0) is 18.2 Å². The van der Waals surface area contributed by atoms with Crippen molar-refractivity contribution < 1.29 is 19.0 Å². The van der Waals surface area contributed by atoms with Crippen molar-refractivity contribution in [3.8, 4) is 0 Å². The number of ether oxygens (including phenoxy) is 1. The van der Waals surface area contributed by atoms with E-state index in [0.717, 1.165) is 0 Å². The van der Waals surface area contributed by atoms with Crippen LogP contribution in [-0.4, -0.2) is 55.9 Å². The van der Waals surface area contributed by atoms with E-state index in [2.05, 4.69) is 5.32 Å². The van der Waals surface area contributed by atoms with E-state index in [9.17, 15) is 9.18 Å². The van der Waals surface area contributed by atoms with E-state index in [-0.39, 0.29) is 24.1 Å². The largest absolute Gasteiger partial charge is 0.395 e. The summed E-state index contributed by atoms with van der Waals surface area (Å²) >= 11 is 5.63. The summed E-state index contributed by atoms with van der Waals surface area (Å²) in [4.78, 5) is 13.6. The van der Waals surface area contributed by atoms with Gasteiger partial charge in [-0.3, -0.25) is 9.69 Å². The first-order valence-electron chi connectivity index (χ1n) is 6.14. The molecule has 2 N–H and O–H groups in total. The van der Waals surface area contributed by atoms with Crippen molar-refractivity contribution in [3.63, 3.8) is 0 Å². The highest BCUT2D eigenvalue weighted by atomic mass is 35.5. The Hall–Kier alpha value is -1.21. The summed E-state index contributed by atoms with van der Waals surface area (Å²) in [6, 6.07) is 3.97. The highest BCUT2D eigenvalue weighted by molar-refractivity contribution is 6.31. The number of anilines is 1. The predicted octanol–water partition coefficient (Wildman–Crippen LogP) is 1.36. The molecule has 20 heavy (non-hydrogen) atoms. The van der Waals surface area contributed by atoms with E-state index < -0.39 is 5.82 Å². The maximum absolute atomic E-state index is 13.0. The lowest BCUT2D eigenvalue weighted by Crippen LogP contribution is -2.37. The Balaban J connectivity index is 2.53. The lowest BCUT2D eigenvalue weighted by molar-refractivity contribution is -0.117. The SMILES string of the molecule is COCCN(CCO)CC(=O)Nc1ccc(F)c(Cl)c1. The maximum Gasteiger partial charge on any atom is 0.238 e. The first-order valence-corrected chi connectivity index (χ1v) is 6.51.